The van der Waals surface area contributed by atoms with Crippen LogP contribution in [0.25, 0.3) is 0 Å². The zero-order chi connectivity index (χ0) is 12.2. The quantitative estimate of drug-likeness (QED) is 0.743. The summed E-state index contributed by atoms with van der Waals surface area (Å²) in [7, 11) is 0. The summed E-state index contributed by atoms with van der Waals surface area (Å²) in [6.07, 6.45) is 6.69. The molecule has 94 valence electrons. The fourth-order valence-corrected chi connectivity index (χ4v) is 4.48. The summed E-state index contributed by atoms with van der Waals surface area (Å²) in [5.74, 6) is 1.39. The third-order valence-corrected chi connectivity index (χ3v) is 5.66. The van der Waals surface area contributed by atoms with E-state index >= 15 is 0 Å². The Morgan fingerprint density at radius 1 is 1.17 bits per heavy atom. The van der Waals surface area contributed by atoms with Gasteiger partial charge in [-0.25, -0.2) is 4.79 Å². The Labute approximate surface area is 107 Å². The average molecular weight is 242 g/mol. The Morgan fingerprint density at radius 3 is 2.50 bits per heavy atom. The Kier molecular flexibility index (Phi) is 2.12. The first-order chi connectivity index (χ1) is 8.79. The zero-order valence-electron chi connectivity index (χ0n) is 10.5. The minimum absolute atomic E-state index is 0.135. The van der Waals surface area contributed by atoms with Gasteiger partial charge in [0.2, 0.25) is 0 Å². The first-order valence-corrected chi connectivity index (χ1v) is 7.06. The molecule has 18 heavy (non-hydrogen) atoms. The normalized spacial score (nSPS) is 40.1. The number of esters is 1. The lowest BCUT2D eigenvalue weighted by Crippen LogP contribution is -2.49. The molecule has 4 rings (SSSR count). The highest BCUT2D eigenvalue weighted by atomic mass is 16.5. The molecule has 2 nitrogen and oxygen atoms in total. The number of carbonyl (C=O) groups excluding carboxylic acids is 1. The largest absolute Gasteiger partial charge is 0.458 e. The second-order valence-electron chi connectivity index (χ2n) is 6.16. The number of benzene rings is 1. The van der Waals surface area contributed by atoms with Crippen LogP contribution in [0, 0.1) is 17.3 Å². The van der Waals surface area contributed by atoms with Gasteiger partial charge in [0.25, 0.3) is 0 Å². The van der Waals surface area contributed by atoms with Crippen LogP contribution in [-0.2, 0) is 4.74 Å². The maximum Gasteiger partial charge on any atom is 0.338 e. The first-order valence-electron chi connectivity index (χ1n) is 7.06. The van der Waals surface area contributed by atoms with Crippen LogP contribution >= 0.6 is 0 Å². The van der Waals surface area contributed by atoms with Crippen LogP contribution in [-0.4, -0.2) is 12.1 Å². The maximum atomic E-state index is 12.1. The lowest BCUT2D eigenvalue weighted by Gasteiger charge is -2.56. The van der Waals surface area contributed by atoms with Crippen LogP contribution in [0.5, 0.6) is 0 Å². The van der Waals surface area contributed by atoms with E-state index in [2.05, 4.69) is 0 Å². The van der Waals surface area contributed by atoms with E-state index in [4.69, 9.17) is 4.74 Å². The molecule has 3 aliphatic rings. The van der Waals surface area contributed by atoms with Gasteiger partial charge in [-0.3, -0.25) is 0 Å². The smallest absolute Gasteiger partial charge is 0.338 e. The van der Waals surface area contributed by atoms with Crippen LogP contribution in [0.4, 0.5) is 0 Å². The molecule has 1 spiro atoms. The first kappa shape index (κ1) is 10.6. The standard InChI is InChI=1S/C16H18O2/c17-15(11-4-2-1-3-5-11)18-14-10-12-6-8-16(12)9-7-13(14)16/h1-5,12-14H,6-10H2/t12-,13+,14-,16-/m0/s1. The van der Waals surface area contributed by atoms with Gasteiger partial charge >= 0.3 is 5.97 Å². The van der Waals surface area contributed by atoms with Gasteiger partial charge in [0.05, 0.1) is 5.56 Å². The van der Waals surface area contributed by atoms with Crippen molar-refractivity contribution in [3.05, 3.63) is 35.9 Å². The van der Waals surface area contributed by atoms with Gasteiger partial charge in [-0.15, -0.1) is 0 Å². The minimum Gasteiger partial charge on any atom is -0.458 e. The third kappa shape index (κ3) is 1.26. The van der Waals surface area contributed by atoms with Crippen LogP contribution in [0.1, 0.15) is 42.5 Å². The van der Waals surface area contributed by atoms with E-state index in [9.17, 15) is 4.79 Å². The lowest BCUT2D eigenvalue weighted by atomic mass is 9.48. The van der Waals surface area contributed by atoms with Gasteiger partial charge in [0, 0.05) is 5.92 Å². The highest BCUT2D eigenvalue weighted by Gasteiger charge is 2.65. The molecule has 0 unspecified atom stereocenters. The highest BCUT2D eigenvalue weighted by molar-refractivity contribution is 5.89. The molecule has 0 amide bonds. The van der Waals surface area contributed by atoms with Gasteiger partial charge in [0.1, 0.15) is 6.10 Å². The molecule has 3 fully saturated rings. The summed E-state index contributed by atoms with van der Waals surface area (Å²) in [6.45, 7) is 0. The second kappa shape index (κ2) is 3.59. The molecule has 1 aromatic rings. The van der Waals surface area contributed by atoms with Gasteiger partial charge in [-0.1, -0.05) is 18.2 Å². The molecule has 0 aliphatic heterocycles. The van der Waals surface area contributed by atoms with E-state index in [-0.39, 0.29) is 12.1 Å². The fraction of sp³-hybridized carbons (Fsp3) is 0.562. The fourth-order valence-electron chi connectivity index (χ4n) is 4.48. The van der Waals surface area contributed by atoms with E-state index in [1.165, 1.54) is 25.7 Å². The van der Waals surface area contributed by atoms with Crippen molar-refractivity contribution in [1.82, 2.24) is 0 Å². The van der Waals surface area contributed by atoms with Gasteiger partial charge in [-0.05, 0) is 55.6 Å². The second-order valence-corrected chi connectivity index (χ2v) is 6.16. The van der Waals surface area contributed by atoms with Crippen molar-refractivity contribution < 1.29 is 9.53 Å². The summed E-state index contributed by atoms with van der Waals surface area (Å²) >= 11 is 0. The predicted octanol–water partition coefficient (Wildman–Crippen LogP) is 3.42. The minimum atomic E-state index is -0.135. The van der Waals surface area contributed by atoms with E-state index < -0.39 is 0 Å². The van der Waals surface area contributed by atoms with E-state index in [0.29, 0.717) is 16.9 Å². The maximum absolute atomic E-state index is 12.1. The summed E-state index contributed by atoms with van der Waals surface area (Å²) in [5, 5.41) is 0. The summed E-state index contributed by atoms with van der Waals surface area (Å²) in [5.41, 5.74) is 1.28. The summed E-state index contributed by atoms with van der Waals surface area (Å²) in [4.78, 5) is 12.1. The van der Waals surface area contributed by atoms with Crippen LogP contribution in [0.2, 0.25) is 0 Å². The van der Waals surface area contributed by atoms with Crippen molar-refractivity contribution in [2.24, 2.45) is 17.3 Å². The van der Waals surface area contributed by atoms with Crippen LogP contribution in [0.3, 0.4) is 0 Å². The Bertz CT molecular complexity index is 477. The molecule has 3 aliphatic carbocycles. The van der Waals surface area contributed by atoms with Gasteiger partial charge in [0.15, 0.2) is 0 Å². The van der Waals surface area contributed by atoms with Gasteiger partial charge in [-0.2, -0.15) is 0 Å². The van der Waals surface area contributed by atoms with Crippen molar-refractivity contribution in [3.63, 3.8) is 0 Å². The van der Waals surface area contributed by atoms with E-state index in [1.807, 2.05) is 30.3 Å². The number of carbonyl (C=O) groups is 1. The summed E-state index contributed by atoms with van der Waals surface area (Å²) in [6, 6.07) is 9.37. The van der Waals surface area contributed by atoms with Crippen molar-refractivity contribution >= 4 is 5.97 Å². The Morgan fingerprint density at radius 2 is 1.94 bits per heavy atom. The lowest BCUT2D eigenvalue weighted by molar-refractivity contribution is -0.0873. The molecular weight excluding hydrogens is 224 g/mol. The van der Waals surface area contributed by atoms with Crippen molar-refractivity contribution in [3.8, 4) is 0 Å². The number of ether oxygens (including phenoxy) is 1. The topological polar surface area (TPSA) is 26.3 Å². The Balaban J connectivity index is 1.48. The zero-order valence-corrected chi connectivity index (χ0v) is 10.5. The molecule has 0 aromatic heterocycles. The molecule has 2 heteroatoms. The van der Waals surface area contributed by atoms with Crippen molar-refractivity contribution in [2.45, 2.75) is 38.2 Å². The summed E-state index contributed by atoms with van der Waals surface area (Å²) < 4.78 is 5.77. The molecule has 0 bridgehead atoms. The number of hydrogen-bond acceptors (Lipinski definition) is 2. The molecule has 4 atom stereocenters. The van der Waals surface area contributed by atoms with E-state index in [0.717, 1.165) is 12.3 Å². The van der Waals surface area contributed by atoms with Crippen molar-refractivity contribution in [2.75, 3.05) is 0 Å². The molecular formula is C16H18O2. The third-order valence-electron chi connectivity index (χ3n) is 5.66. The predicted molar refractivity (Wildman–Crippen MR) is 68.1 cm³/mol. The van der Waals surface area contributed by atoms with Crippen molar-refractivity contribution in [1.29, 1.82) is 0 Å². The van der Waals surface area contributed by atoms with Gasteiger partial charge < -0.3 is 4.74 Å². The van der Waals surface area contributed by atoms with E-state index in [1.54, 1.807) is 0 Å². The Hall–Kier alpha value is -1.31. The SMILES string of the molecule is O=C(O[C@H]1C[C@@H]2CC[C@]23CC[C@H]13)c1ccccc1. The molecule has 0 radical (unpaired) electrons. The molecule has 3 saturated carbocycles. The molecule has 1 aromatic carbocycles. The average Bonchev–Trinajstić information content (AvgIpc) is 2.46. The molecule has 0 heterocycles. The van der Waals surface area contributed by atoms with Crippen LogP contribution in [0.15, 0.2) is 30.3 Å². The molecule has 0 N–H and O–H groups in total. The number of hydrogen-bond donors (Lipinski definition) is 0. The number of rotatable bonds is 2. The monoisotopic (exact) mass is 242 g/mol. The van der Waals surface area contributed by atoms with Crippen LogP contribution < -0.4 is 0 Å². The molecule has 0 saturated heterocycles. The highest BCUT2D eigenvalue weighted by Crippen LogP contribution is 2.70.